The largest absolute Gasteiger partial charge is 0.444 e. The lowest BCUT2D eigenvalue weighted by molar-refractivity contribution is 0.0512. The minimum atomic E-state index is -0.505. The van der Waals surface area contributed by atoms with E-state index in [2.05, 4.69) is 11.4 Å². The van der Waals surface area contributed by atoms with E-state index in [1.807, 2.05) is 45.9 Å². The van der Waals surface area contributed by atoms with Crippen molar-refractivity contribution < 1.29 is 14.6 Å². The molecule has 0 bridgehead atoms. The second-order valence-electron chi connectivity index (χ2n) is 6.12. The van der Waals surface area contributed by atoms with Gasteiger partial charge in [-0.25, -0.2) is 4.79 Å². The van der Waals surface area contributed by atoms with E-state index in [0.717, 1.165) is 12.0 Å². The van der Waals surface area contributed by atoms with Gasteiger partial charge in [0.1, 0.15) is 5.60 Å². The summed E-state index contributed by atoms with van der Waals surface area (Å²) in [6.07, 6.45) is 0.286. The van der Waals surface area contributed by atoms with Crippen LogP contribution in [-0.2, 0) is 11.2 Å². The van der Waals surface area contributed by atoms with Crippen LogP contribution in [0.1, 0.15) is 31.9 Å². The molecule has 0 saturated heterocycles. The third-order valence-electron chi connectivity index (χ3n) is 2.80. The summed E-state index contributed by atoms with van der Waals surface area (Å²) in [6, 6.07) is 8.16. The molecule has 0 aliphatic carbocycles. The number of rotatable bonds is 5. The molecule has 0 saturated carbocycles. The van der Waals surface area contributed by atoms with Crippen molar-refractivity contribution in [3.05, 3.63) is 35.4 Å². The first-order valence-corrected chi connectivity index (χ1v) is 6.93. The van der Waals surface area contributed by atoms with Gasteiger partial charge in [-0.05, 0) is 39.7 Å². The highest BCUT2D eigenvalue weighted by atomic mass is 16.6. The van der Waals surface area contributed by atoms with Gasteiger partial charge in [0, 0.05) is 19.1 Å². The van der Waals surface area contributed by atoms with Crippen molar-refractivity contribution in [2.24, 2.45) is 5.92 Å². The van der Waals surface area contributed by atoms with E-state index in [4.69, 9.17) is 4.74 Å². The maximum Gasteiger partial charge on any atom is 0.407 e. The van der Waals surface area contributed by atoms with Crippen molar-refractivity contribution in [3.63, 3.8) is 0 Å². The Morgan fingerprint density at radius 2 is 2.10 bits per heavy atom. The molecule has 0 aliphatic heterocycles. The highest BCUT2D eigenvalue weighted by Gasteiger charge is 2.17. The van der Waals surface area contributed by atoms with Crippen LogP contribution in [0.4, 0.5) is 4.79 Å². The number of aliphatic hydroxyl groups is 1. The zero-order valence-electron chi connectivity index (χ0n) is 12.8. The molecular weight excluding hydrogens is 254 g/mol. The van der Waals surface area contributed by atoms with Crippen LogP contribution < -0.4 is 5.32 Å². The second-order valence-corrected chi connectivity index (χ2v) is 6.12. The fourth-order valence-corrected chi connectivity index (χ4v) is 1.92. The third kappa shape index (κ3) is 6.57. The number of carbonyl (C=O) groups excluding carboxylic acids is 1. The number of nitrogens with one attached hydrogen (secondary N) is 1. The molecule has 1 aromatic rings. The smallest absolute Gasteiger partial charge is 0.407 e. The zero-order valence-corrected chi connectivity index (χ0v) is 12.8. The molecule has 112 valence electrons. The normalized spacial score (nSPS) is 12.8. The quantitative estimate of drug-likeness (QED) is 0.871. The maximum absolute atomic E-state index is 11.6. The predicted octanol–water partition coefficient (Wildman–Crippen LogP) is 2.67. The van der Waals surface area contributed by atoms with Crippen LogP contribution in [-0.4, -0.2) is 30.0 Å². The van der Waals surface area contributed by atoms with Gasteiger partial charge < -0.3 is 15.2 Å². The van der Waals surface area contributed by atoms with Gasteiger partial charge >= 0.3 is 6.09 Å². The van der Waals surface area contributed by atoms with E-state index in [0.29, 0.717) is 6.54 Å². The summed E-state index contributed by atoms with van der Waals surface area (Å²) in [5, 5.41) is 12.1. The average molecular weight is 279 g/mol. The Morgan fingerprint density at radius 3 is 2.65 bits per heavy atom. The lowest BCUT2D eigenvalue weighted by Crippen LogP contribution is -2.36. The van der Waals surface area contributed by atoms with Crippen molar-refractivity contribution in [2.75, 3.05) is 13.2 Å². The molecular formula is C16H25NO3. The van der Waals surface area contributed by atoms with Crippen LogP contribution in [0, 0.1) is 12.8 Å². The van der Waals surface area contributed by atoms with Crippen LogP contribution in [0.3, 0.4) is 0 Å². The Bertz CT molecular complexity index is 438. The van der Waals surface area contributed by atoms with Gasteiger partial charge in [0.25, 0.3) is 0 Å². The summed E-state index contributed by atoms with van der Waals surface area (Å²) in [4.78, 5) is 11.6. The Labute approximate surface area is 121 Å². The molecule has 1 unspecified atom stereocenters. The number of aliphatic hydroxyl groups excluding tert-OH is 1. The first kappa shape index (κ1) is 16.5. The number of benzene rings is 1. The van der Waals surface area contributed by atoms with E-state index in [-0.39, 0.29) is 12.5 Å². The molecule has 1 aromatic carbocycles. The molecule has 1 amide bonds. The minimum Gasteiger partial charge on any atom is -0.444 e. The third-order valence-corrected chi connectivity index (χ3v) is 2.80. The lowest BCUT2D eigenvalue weighted by atomic mass is 9.99. The van der Waals surface area contributed by atoms with Gasteiger partial charge in [-0.2, -0.15) is 0 Å². The SMILES string of the molecule is Cc1cccc(CC(CO)CNC(=O)OC(C)(C)C)c1. The summed E-state index contributed by atoms with van der Waals surface area (Å²) in [5.74, 6) is -0.00989. The molecule has 4 nitrogen and oxygen atoms in total. The summed E-state index contributed by atoms with van der Waals surface area (Å²) in [5.41, 5.74) is 1.85. The van der Waals surface area contributed by atoms with E-state index >= 15 is 0 Å². The van der Waals surface area contributed by atoms with Crippen molar-refractivity contribution in [2.45, 2.75) is 39.7 Å². The first-order chi connectivity index (χ1) is 9.30. The highest BCUT2D eigenvalue weighted by molar-refractivity contribution is 5.67. The van der Waals surface area contributed by atoms with Gasteiger partial charge in [-0.1, -0.05) is 29.8 Å². The van der Waals surface area contributed by atoms with Crippen LogP contribution in [0.2, 0.25) is 0 Å². The zero-order chi connectivity index (χ0) is 15.2. The number of hydrogen-bond acceptors (Lipinski definition) is 3. The minimum absolute atomic E-state index is 0.00989. The molecule has 0 heterocycles. The van der Waals surface area contributed by atoms with Crippen molar-refractivity contribution in [1.29, 1.82) is 0 Å². The number of ether oxygens (including phenoxy) is 1. The molecule has 1 atom stereocenters. The summed E-state index contributed by atoms with van der Waals surface area (Å²) >= 11 is 0. The van der Waals surface area contributed by atoms with Gasteiger partial charge in [-0.15, -0.1) is 0 Å². The first-order valence-electron chi connectivity index (χ1n) is 6.93. The fraction of sp³-hybridized carbons (Fsp3) is 0.562. The predicted molar refractivity (Wildman–Crippen MR) is 79.7 cm³/mol. The molecule has 4 heteroatoms. The number of hydrogen-bond donors (Lipinski definition) is 2. The van der Waals surface area contributed by atoms with Gasteiger partial charge in [0.2, 0.25) is 0 Å². The van der Waals surface area contributed by atoms with Crippen LogP contribution >= 0.6 is 0 Å². The van der Waals surface area contributed by atoms with Crippen molar-refractivity contribution >= 4 is 6.09 Å². The average Bonchev–Trinajstić information content (AvgIpc) is 2.32. The van der Waals surface area contributed by atoms with Gasteiger partial charge in [-0.3, -0.25) is 0 Å². The van der Waals surface area contributed by atoms with E-state index in [1.165, 1.54) is 5.56 Å². The molecule has 0 aliphatic rings. The van der Waals surface area contributed by atoms with Crippen LogP contribution in [0.15, 0.2) is 24.3 Å². The number of alkyl carbamates (subject to hydrolysis) is 1. The maximum atomic E-state index is 11.6. The van der Waals surface area contributed by atoms with Crippen LogP contribution in [0.5, 0.6) is 0 Å². The Balaban J connectivity index is 2.46. The van der Waals surface area contributed by atoms with Gasteiger partial charge in [0.05, 0.1) is 0 Å². The lowest BCUT2D eigenvalue weighted by Gasteiger charge is -2.21. The number of aryl methyl sites for hydroxylation is 1. The molecule has 0 radical (unpaired) electrons. The fourth-order valence-electron chi connectivity index (χ4n) is 1.92. The molecule has 1 rings (SSSR count). The monoisotopic (exact) mass is 279 g/mol. The standard InChI is InChI=1S/C16H25NO3/c1-12-6-5-7-13(8-12)9-14(11-18)10-17-15(19)20-16(2,3)4/h5-8,14,18H,9-11H2,1-4H3,(H,17,19). The number of amides is 1. The molecule has 0 aromatic heterocycles. The second kappa shape index (κ2) is 7.29. The van der Waals surface area contributed by atoms with E-state index in [9.17, 15) is 9.90 Å². The summed E-state index contributed by atoms with van der Waals surface area (Å²) in [7, 11) is 0. The molecule has 0 spiro atoms. The van der Waals surface area contributed by atoms with Crippen LogP contribution in [0.25, 0.3) is 0 Å². The molecule has 2 N–H and O–H groups in total. The van der Waals surface area contributed by atoms with Gasteiger partial charge in [0.15, 0.2) is 0 Å². The summed E-state index contributed by atoms with van der Waals surface area (Å²) < 4.78 is 5.17. The van der Waals surface area contributed by atoms with Crippen molar-refractivity contribution in [3.8, 4) is 0 Å². The van der Waals surface area contributed by atoms with Crippen molar-refractivity contribution in [1.82, 2.24) is 5.32 Å². The Hall–Kier alpha value is -1.55. The topological polar surface area (TPSA) is 58.6 Å². The molecule has 0 fully saturated rings. The Kier molecular flexibility index (Phi) is 6.02. The molecule has 20 heavy (non-hydrogen) atoms. The summed E-state index contributed by atoms with van der Waals surface area (Å²) in [6.45, 7) is 7.94. The van der Waals surface area contributed by atoms with E-state index in [1.54, 1.807) is 0 Å². The highest BCUT2D eigenvalue weighted by Crippen LogP contribution is 2.11. The Morgan fingerprint density at radius 1 is 1.40 bits per heavy atom. The number of carbonyl (C=O) groups is 1. The van der Waals surface area contributed by atoms with E-state index < -0.39 is 11.7 Å².